The van der Waals surface area contributed by atoms with Gasteiger partial charge in [0, 0.05) is 6.42 Å². The molecule has 5 aliphatic carbocycles. The van der Waals surface area contributed by atoms with Gasteiger partial charge in [-0.25, -0.2) is 0 Å². The maximum absolute atomic E-state index is 6.53. The first kappa shape index (κ1) is 31.9. The van der Waals surface area contributed by atoms with E-state index in [1.165, 1.54) is 76.2 Å². The normalized spacial score (nSPS) is 28.1. The lowest BCUT2D eigenvalue weighted by Crippen LogP contribution is -2.48. The van der Waals surface area contributed by atoms with E-state index in [2.05, 4.69) is 51.3 Å². The Morgan fingerprint density at radius 2 is 1.41 bits per heavy atom. The Hall–Kier alpha value is -1.58. The summed E-state index contributed by atoms with van der Waals surface area (Å²) in [6.07, 6.45) is 20.8. The van der Waals surface area contributed by atoms with E-state index in [1.807, 2.05) is 13.8 Å². The van der Waals surface area contributed by atoms with Crippen LogP contribution in [0.15, 0.2) is 49.6 Å². The number of ether oxygens (including phenoxy) is 3. The zero-order valence-corrected chi connectivity index (χ0v) is 25.7. The van der Waals surface area contributed by atoms with Crippen LogP contribution in [0.3, 0.4) is 0 Å². The molecule has 3 nitrogen and oxygen atoms in total. The minimum Gasteiger partial charge on any atom is -0.465 e. The molecular weight excluding hydrogens is 480 g/mol. The molecule has 0 radical (unpaired) electrons. The van der Waals surface area contributed by atoms with Crippen molar-refractivity contribution in [1.82, 2.24) is 0 Å². The first-order valence-electron chi connectivity index (χ1n) is 16.2. The molecule has 4 bridgehead atoms. The highest BCUT2D eigenvalue weighted by Gasteiger charge is 2.51. The van der Waals surface area contributed by atoms with Gasteiger partial charge in [0.05, 0.1) is 19.3 Å². The molecule has 0 N–H and O–H groups in total. The van der Waals surface area contributed by atoms with Crippen molar-refractivity contribution in [3.05, 3.63) is 55.1 Å². The fourth-order valence-corrected chi connectivity index (χ4v) is 7.98. The van der Waals surface area contributed by atoms with E-state index in [9.17, 15) is 0 Å². The molecule has 5 saturated carbocycles. The lowest BCUT2D eigenvalue weighted by molar-refractivity contribution is -0.151. The Morgan fingerprint density at radius 1 is 0.846 bits per heavy atom. The predicted molar refractivity (Wildman–Crippen MR) is 165 cm³/mol. The topological polar surface area (TPSA) is 27.7 Å². The van der Waals surface area contributed by atoms with E-state index in [-0.39, 0.29) is 6.29 Å². The predicted octanol–water partition coefficient (Wildman–Crippen LogP) is 9.95. The van der Waals surface area contributed by atoms with Crippen LogP contribution in [0.1, 0.15) is 110 Å². The number of allylic oxidation sites excluding steroid dienone is 2. The van der Waals surface area contributed by atoms with Crippen LogP contribution in [0.5, 0.6) is 5.75 Å². The van der Waals surface area contributed by atoms with Gasteiger partial charge in [-0.1, -0.05) is 84.4 Å². The summed E-state index contributed by atoms with van der Waals surface area (Å²) >= 11 is 0. The quantitative estimate of drug-likeness (QED) is 0.150. The highest BCUT2D eigenvalue weighted by molar-refractivity contribution is 5.27. The van der Waals surface area contributed by atoms with Crippen LogP contribution < -0.4 is 4.74 Å². The third kappa shape index (κ3) is 10.4. The third-order valence-electron chi connectivity index (χ3n) is 9.06. The summed E-state index contributed by atoms with van der Waals surface area (Å²) in [7, 11) is 0. The van der Waals surface area contributed by atoms with Crippen molar-refractivity contribution in [3.8, 4) is 5.75 Å². The van der Waals surface area contributed by atoms with Crippen LogP contribution >= 0.6 is 0 Å². The van der Waals surface area contributed by atoms with Gasteiger partial charge in [0.2, 0.25) is 0 Å². The maximum atomic E-state index is 6.53. The van der Waals surface area contributed by atoms with Crippen molar-refractivity contribution in [3.63, 3.8) is 0 Å². The van der Waals surface area contributed by atoms with E-state index in [0.717, 1.165) is 36.3 Å². The molecule has 1 aromatic carbocycles. The number of benzene rings is 1. The Balaban J connectivity index is 0.000000644. The van der Waals surface area contributed by atoms with Crippen LogP contribution in [0.2, 0.25) is 0 Å². The van der Waals surface area contributed by atoms with Gasteiger partial charge in [0.15, 0.2) is 6.29 Å². The SMILES string of the molecule is C=CC=C.CC.CC(C)Cc1ccc(OC(CC23CC4CC(CC(C4)C2)C3)OCCOC2CCCCC2)cc1. The van der Waals surface area contributed by atoms with Crippen molar-refractivity contribution < 1.29 is 14.2 Å². The highest BCUT2D eigenvalue weighted by Crippen LogP contribution is 2.61. The molecule has 1 unspecified atom stereocenters. The molecule has 0 spiro atoms. The van der Waals surface area contributed by atoms with Crippen molar-refractivity contribution >= 4 is 0 Å². The molecule has 39 heavy (non-hydrogen) atoms. The number of hydrogen-bond donors (Lipinski definition) is 0. The zero-order valence-electron chi connectivity index (χ0n) is 25.7. The minimum atomic E-state index is -0.160. The summed E-state index contributed by atoms with van der Waals surface area (Å²) in [4.78, 5) is 0. The average Bonchev–Trinajstić information content (AvgIpc) is 2.93. The lowest BCUT2D eigenvalue weighted by atomic mass is 9.49. The van der Waals surface area contributed by atoms with E-state index in [1.54, 1.807) is 12.2 Å². The van der Waals surface area contributed by atoms with Gasteiger partial charge in [-0.3, -0.25) is 0 Å². The van der Waals surface area contributed by atoms with Crippen molar-refractivity contribution in [1.29, 1.82) is 0 Å². The smallest absolute Gasteiger partial charge is 0.200 e. The van der Waals surface area contributed by atoms with Crippen LogP contribution in [0.4, 0.5) is 0 Å². The van der Waals surface area contributed by atoms with Gasteiger partial charge in [-0.05, 0) is 105 Å². The Labute approximate surface area is 240 Å². The maximum Gasteiger partial charge on any atom is 0.200 e. The fourth-order valence-electron chi connectivity index (χ4n) is 7.98. The van der Waals surface area contributed by atoms with Crippen LogP contribution in [-0.2, 0) is 15.9 Å². The van der Waals surface area contributed by atoms with E-state index >= 15 is 0 Å². The highest BCUT2D eigenvalue weighted by atomic mass is 16.7. The van der Waals surface area contributed by atoms with Crippen molar-refractivity contribution in [2.75, 3.05) is 13.2 Å². The third-order valence-corrected chi connectivity index (χ3v) is 9.06. The van der Waals surface area contributed by atoms with Gasteiger partial charge < -0.3 is 14.2 Å². The zero-order chi connectivity index (χ0) is 28.1. The largest absolute Gasteiger partial charge is 0.465 e. The number of hydrogen-bond acceptors (Lipinski definition) is 3. The van der Waals surface area contributed by atoms with Crippen molar-refractivity contribution in [2.24, 2.45) is 29.1 Å². The van der Waals surface area contributed by atoms with Crippen molar-refractivity contribution in [2.45, 2.75) is 124 Å². The molecule has 3 heteroatoms. The average molecular weight is 539 g/mol. The standard InChI is InChI=1S/C30H46O3.C4H6.C2H6/c1-22(2)14-23-8-10-28(11-9-23)33-29(32-13-12-31-27-6-4-3-5-7-27)21-30-18-24-15-25(19-30)17-26(16-24)20-30;1-3-4-2;1-2/h8-11,22,24-27,29H,3-7,12-21H2,1-2H3;3-4H,1-2H2;1-2H3. The first-order chi connectivity index (χ1) is 19.0. The molecule has 5 fully saturated rings. The molecule has 1 atom stereocenters. The minimum absolute atomic E-state index is 0.160. The summed E-state index contributed by atoms with van der Waals surface area (Å²) in [5, 5.41) is 0. The van der Waals surface area contributed by atoms with Gasteiger partial charge in [0.1, 0.15) is 5.75 Å². The Bertz CT molecular complexity index is 779. The van der Waals surface area contributed by atoms with Crippen LogP contribution in [0.25, 0.3) is 0 Å². The molecule has 0 aromatic heterocycles. The Morgan fingerprint density at radius 3 is 1.92 bits per heavy atom. The summed E-state index contributed by atoms with van der Waals surface area (Å²) in [6, 6.07) is 8.74. The van der Waals surface area contributed by atoms with Gasteiger partial charge in [-0.2, -0.15) is 0 Å². The second kappa shape index (κ2) is 16.6. The molecular formula is C36H58O3. The summed E-state index contributed by atoms with van der Waals surface area (Å²) in [5.41, 5.74) is 1.83. The Kier molecular flexibility index (Phi) is 13.6. The van der Waals surface area contributed by atoms with Gasteiger partial charge >= 0.3 is 0 Å². The summed E-state index contributed by atoms with van der Waals surface area (Å²) < 4.78 is 19.1. The second-order valence-electron chi connectivity index (χ2n) is 12.9. The van der Waals surface area contributed by atoms with Gasteiger partial charge in [0.25, 0.3) is 0 Å². The molecule has 220 valence electrons. The molecule has 0 amide bonds. The van der Waals surface area contributed by atoms with Gasteiger partial charge in [-0.15, -0.1) is 0 Å². The summed E-state index contributed by atoms with van der Waals surface area (Å²) in [6.45, 7) is 16.6. The van der Waals surface area contributed by atoms with E-state index < -0.39 is 0 Å². The molecule has 6 rings (SSSR count). The van der Waals surface area contributed by atoms with E-state index in [0.29, 0.717) is 30.7 Å². The van der Waals surface area contributed by atoms with Crippen LogP contribution in [0, 0.1) is 29.1 Å². The number of rotatable bonds is 12. The molecule has 0 heterocycles. The molecule has 0 saturated heterocycles. The molecule has 0 aliphatic heterocycles. The van der Waals surface area contributed by atoms with E-state index in [4.69, 9.17) is 14.2 Å². The molecule has 1 aromatic rings. The second-order valence-corrected chi connectivity index (χ2v) is 12.9. The molecule has 5 aliphatic rings. The lowest BCUT2D eigenvalue weighted by Gasteiger charge is -2.57. The monoisotopic (exact) mass is 538 g/mol. The summed E-state index contributed by atoms with van der Waals surface area (Å²) in [5.74, 6) is 4.50. The first-order valence-corrected chi connectivity index (χ1v) is 16.2. The van der Waals surface area contributed by atoms with Crippen LogP contribution in [-0.4, -0.2) is 25.6 Å². The fraction of sp³-hybridized carbons (Fsp3) is 0.722.